The summed E-state index contributed by atoms with van der Waals surface area (Å²) in [5.74, 6) is 0. The van der Waals surface area contributed by atoms with E-state index in [0.717, 1.165) is 12.3 Å². The Bertz CT molecular complexity index is 298. The van der Waals surface area contributed by atoms with Crippen LogP contribution in [0.15, 0.2) is 23.5 Å². The number of hydrogen-bond acceptors (Lipinski definition) is 3. The highest BCUT2D eigenvalue weighted by Crippen LogP contribution is 2.11. The number of halogens is 1. The van der Waals surface area contributed by atoms with E-state index in [4.69, 9.17) is 16.3 Å². The van der Waals surface area contributed by atoms with Crippen molar-refractivity contribution in [2.75, 3.05) is 34.5 Å². The first-order chi connectivity index (χ1) is 8.13. The van der Waals surface area contributed by atoms with E-state index in [1.54, 1.807) is 0 Å². The molecule has 0 N–H and O–H groups in total. The highest BCUT2D eigenvalue weighted by atomic mass is 35.5. The predicted molar refractivity (Wildman–Crippen MR) is 83.5 cm³/mol. The predicted octanol–water partition coefficient (Wildman–Crippen LogP) is 3.39. The summed E-state index contributed by atoms with van der Waals surface area (Å²) in [4.78, 5) is 3.79. The number of allylic oxidation sites excluding steroid dienone is 1. The Kier molecular flexibility index (Phi) is 7.67. The van der Waals surface area contributed by atoms with Gasteiger partial charge in [-0.2, -0.15) is 0 Å². The van der Waals surface area contributed by atoms with E-state index in [9.17, 15) is 0 Å². The molecule has 3 nitrogen and oxygen atoms in total. The van der Waals surface area contributed by atoms with Crippen LogP contribution in [0.25, 0.3) is 0 Å². The van der Waals surface area contributed by atoms with Crippen molar-refractivity contribution in [2.45, 2.75) is 25.7 Å². The number of likely N-dealkylation sites (N-methyl/N-ethyl adjacent to an activating group) is 1. The van der Waals surface area contributed by atoms with Gasteiger partial charge in [0.05, 0.1) is 0 Å². The molecule has 0 spiro atoms. The maximum Gasteiger partial charge on any atom is 0.118 e. The minimum absolute atomic E-state index is 0.553. The fourth-order valence-corrected chi connectivity index (χ4v) is 1.92. The van der Waals surface area contributed by atoms with E-state index in [1.807, 2.05) is 37.0 Å². The maximum atomic E-state index is 6.04. The van der Waals surface area contributed by atoms with Crippen LogP contribution in [0.3, 0.4) is 0 Å². The van der Waals surface area contributed by atoms with E-state index < -0.39 is 8.07 Å². The standard InChI is InChI=1S/C13H27ClN2OSi/c1-12(10-13(14)15(2)3)16(4)11-17-8-9-18(5,6)7/h10H,1,8-9,11H2,2-7H3/b13-10-. The molecule has 0 radical (unpaired) electrons. The van der Waals surface area contributed by atoms with Crippen LogP contribution >= 0.6 is 11.6 Å². The van der Waals surface area contributed by atoms with Gasteiger partial charge in [-0.1, -0.05) is 37.8 Å². The quantitative estimate of drug-likeness (QED) is 0.224. The molecular formula is C13H27ClN2OSi. The lowest BCUT2D eigenvalue weighted by atomic mass is 10.4. The molecule has 0 amide bonds. The molecule has 5 heteroatoms. The molecule has 0 heterocycles. The Labute approximate surface area is 118 Å². The van der Waals surface area contributed by atoms with Gasteiger partial charge in [0.2, 0.25) is 0 Å². The van der Waals surface area contributed by atoms with E-state index in [0.29, 0.717) is 11.9 Å². The van der Waals surface area contributed by atoms with Crippen molar-refractivity contribution in [3.63, 3.8) is 0 Å². The second-order valence-electron chi connectivity index (χ2n) is 5.90. The molecule has 0 saturated carbocycles. The topological polar surface area (TPSA) is 15.7 Å². The van der Waals surface area contributed by atoms with Gasteiger partial charge in [0.15, 0.2) is 0 Å². The van der Waals surface area contributed by atoms with Crippen LogP contribution in [0.2, 0.25) is 25.7 Å². The van der Waals surface area contributed by atoms with Crippen LogP contribution < -0.4 is 0 Å². The number of rotatable bonds is 8. The van der Waals surface area contributed by atoms with Gasteiger partial charge in [-0.25, -0.2) is 0 Å². The average Bonchev–Trinajstić information content (AvgIpc) is 2.22. The zero-order chi connectivity index (χ0) is 14.3. The third kappa shape index (κ3) is 8.61. The van der Waals surface area contributed by atoms with Gasteiger partial charge < -0.3 is 14.5 Å². The van der Waals surface area contributed by atoms with Crippen molar-refractivity contribution < 1.29 is 4.74 Å². The summed E-state index contributed by atoms with van der Waals surface area (Å²) < 4.78 is 5.65. The summed E-state index contributed by atoms with van der Waals surface area (Å²) in [6, 6.07) is 1.18. The molecule has 0 unspecified atom stereocenters. The SMILES string of the molecule is C=C(/C=C(/Cl)N(C)C)N(C)COCC[Si](C)(C)C. The zero-order valence-corrected chi connectivity index (χ0v) is 14.3. The summed E-state index contributed by atoms with van der Waals surface area (Å²) in [5.41, 5.74) is 0.849. The van der Waals surface area contributed by atoms with Gasteiger partial charge >= 0.3 is 0 Å². The monoisotopic (exact) mass is 290 g/mol. The van der Waals surface area contributed by atoms with Crippen LogP contribution in [-0.4, -0.2) is 52.4 Å². The molecule has 0 aromatic rings. The van der Waals surface area contributed by atoms with Crippen molar-refractivity contribution >= 4 is 19.7 Å². The highest BCUT2D eigenvalue weighted by molar-refractivity contribution is 6.76. The van der Waals surface area contributed by atoms with E-state index >= 15 is 0 Å². The Morgan fingerprint density at radius 2 is 1.83 bits per heavy atom. The highest BCUT2D eigenvalue weighted by Gasteiger charge is 2.12. The summed E-state index contributed by atoms with van der Waals surface area (Å²) in [6.07, 6.45) is 1.84. The van der Waals surface area contributed by atoms with Crippen molar-refractivity contribution in [1.29, 1.82) is 0 Å². The Hall–Kier alpha value is -0.453. The van der Waals surface area contributed by atoms with Gasteiger partial charge in [-0.05, 0) is 12.1 Å². The average molecular weight is 291 g/mol. The third-order valence-corrected chi connectivity index (χ3v) is 4.64. The Morgan fingerprint density at radius 3 is 2.28 bits per heavy atom. The molecule has 0 aliphatic carbocycles. The third-order valence-electron chi connectivity index (χ3n) is 2.48. The first-order valence-electron chi connectivity index (χ1n) is 6.16. The largest absolute Gasteiger partial charge is 0.368 e. The summed E-state index contributed by atoms with van der Waals surface area (Å²) >= 11 is 6.04. The molecule has 0 bridgehead atoms. The summed E-state index contributed by atoms with van der Waals surface area (Å²) in [6.45, 7) is 12.4. The zero-order valence-electron chi connectivity index (χ0n) is 12.6. The molecular weight excluding hydrogens is 264 g/mol. The van der Waals surface area contributed by atoms with Crippen LogP contribution in [0, 0.1) is 0 Å². The molecule has 0 saturated heterocycles. The van der Waals surface area contributed by atoms with Crippen LogP contribution in [0.1, 0.15) is 0 Å². The maximum absolute atomic E-state index is 6.04. The van der Waals surface area contributed by atoms with Crippen molar-refractivity contribution in [3.8, 4) is 0 Å². The van der Waals surface area contributed by atoms with Gasteiger partial charge in [0, 0.05) is 41.5 Å². The van der Waals surface area contributed by atoms with Gasteiger partial charge in [-0.15, -0.1) is 0 Å². The fourth-order valence-electron chi connectivity index (χ4n) is 1.04. The van der Waals surface area contributed by atoms with Crippen LogP contribution in [0.5, 0.6) is 0 Å². The molecule has 0 aromatic heterocycles. The molecule has 0 fully saturated rings. The lowest BCUT2D eigenvalue weighted by Crippen LogP contribution is -2.25. The van der Waals surface area contributed by atoms with Crippen LogP contribution in [0.4, 0.5) is 0 Å². The summed E-state index contributed by atoms with van der Waals surface area (Å²) in [5, 5.41) is 0.661. The van der Waals surface area contributed by atoms with Crippen LogP contribution in [-0.2, 0) is 4.74 Å². The molecule has 0 aliphatic heterocycles. The fraction of sp³-hybridized carbons (Fsp3) is 0.692. The molecule has 0 aromatic carbocycles. The number of ether oxygens (including phenoxy) is 1. The van der Waals surface area contributed by atoms with Gasteiger partial charge in [0.1, 0.15) is 11.9 Å². The number of hydrogen-bond donors (Lipinski definition) is 0. The first kappa shape index (κ1) is 17.5. The molecule has 0 rings (SSSR count). The molecule has 18 heavy (non-hydrogen) atoms. The second kappa shape index (κ2) is 7.87. The Balaban J connectivity index is 4.00. The lowest BCUT2D eigenvalue weighted by molar-refractivity contribution is 0.0705. The summed E-state index contributed by atoms with van der Waals surface area (Å²) in [7, 11) is 4.75. The molecule has 0 aliphatic rings. The minimum Gasteiger partial charge on any atom is -0.368 e. The normalized spacial score (nSPS) is 12.5. The number of nitrogens with zero attached hydrogens (tertiary/aromatic N) is 2. The van der Waals surface area contributed by atoms with E-state index in [1.165, 1.54) is 6.04 Å². The van der Waals surface area contributed by atoms with Gasteiger partial charge in [-0.3, -0.25) is 0 Å². The Morgan fingerprint density at radius 1 is 1.28 bits per heavy atom. The van der Waals surface area contributed by atoms with Gasteiger partial charge in [0.25, 0.3) is 0 Å². The van der Waals surface area contributed by atoms with Crippen molar-refractivity contribution in [1.82, 2.24) is 9.80 Å². The molecule has 0 atom stereocenters. The van der Waals surface area contributed by atoms with E-state index in [-0.39, 0.29) is 0 Å². The van der Waals surface area contributed by atoms with E-state index in [2.05, 4.69) is 26.2 Å². The second-order valence-corrected chi connectivity index (χ2v) is 11.9. The smallest absolute Gasteiger partial charge is 0.118 e. The first-order valence-corrected chi connectivity index (χ1v) is 10.2. The lowest BCUT2D eigenvalue weighted by Gasteiger charge is -2.22. The van der Waals surface area contributed by atoms with Crippen molar-refractivity contribution in [3.05, 3.63) is 23.5 Å². The molecule has 106 valence electrons. The minimum atomic E-state index is -1.00. The van der Waals surface area contributed by atoms with Crippen molar-refractivity contribution in [2.24, 2.45) is 0 Å².